The second-order valence-electron chi connectivity index (χ2n) is 3.85. The molecular weight excluding hydrogens is 194 g/mol. The number of carbonyl (C=O) groups is 1. The van der Waals surface area contributed by atoms with Crippen molar-refractivity contribution >= 4 is 5.97 Å². The summed E-state index contributed by atoms with van der Waals surface area (Å²) in [6.45, 7) is 1.37. The van der Waals surface area contributed by atoms with Gasteiger partial charge in [0.1, 0.15) is 0 Å². The van der Waals surface area contributed by atoms with Crippen molar-refractivity contribution in [3.63, 3.8) is 0 Å². The van der Waals surface area contributed by atoms with Crippen molar-refractivity contribution in [2.45, 2.75) is 31.8 Å². The van der Waals surface area contributed by atoms with Gasteiger partial charge in [0.25, 0.3) is 0 Å². The van der Waals surface area contributed by atoms with Gasteiger partial charge in [-0.1, -0.05) is 0 Å². The Bertz CT molecular complexity index is 385. The summed E-state index contributed by atoms with van der Waals surface area (Å²) in [5.41, 5.74) is -0.138. The topological polar surface area (TPSA) is 53.2 Å². The van der Waals surface area contributed by atoms with Crippen LogP contribution in [-0.4, -0.2) is 5.97 Å². The van der Waals surface area contributed by atoms with Gasteiger partial charge in [0.15, 0.2) is 11.8 Å². The fourth-order valence-electron chi connectivity index (χ4n) is 1.96. The molecule has 1 aromatic rings. The number of hydrogen-bond acceptors (Lipinski definition) is 3. The van der Waals surface area contributed by atoms with Crippen LogP contribution in [0.15, 0.2) is 24.4 Å². The van der Waals surface area contributed by atoms with Crippen LogP contribution in [0, 0.1) is 5.21 Å². The molecule has 0 aromatic carbocycles. The average molecular weight is 207 g/mol. The lowest BCUT2D eigenvalue weighted by molar-refractivity contribution is -0.624. The third kappa shape index (κ3) is 1.67. The maximum atomic E-state index is 11.6. The molecule has 0 saturated heterocycles. The van der Waals surface area contributed by atoms with Crippen molar-refractivity contribution in [2.75, 3.05) is 0 Å². The minimum atomic E-state index is -0.672. The van der Waals surface area contributed by atoms with E-state index in [0.29, 0.717) is 5.69 Å². The van der Waals surface area contributed by atoms with Gasteiger partial charge in [0.05, 0.1) is 0 Å². The lowest BCUT2D eigenvalue weighted by atomic mass is 9.77. The van der Waals surface area contributed by atoms with Crippen LogP contribution in [0.2, 0.25) is 0 Å². The van der Waals surface area contributed by atoms with Gasteiger partial charge in [-0.3, -0.25) is 4.79 Å². The van der Waals surface area contributed by atoms with Gasteiger partial charge in [0, 0.05) is 19.1 Å². The van der Waals surface area contributed by atoms with E-state index in [0.717, 1.165) is 24.0 Å². The molecule has 0 spiro atoms. The number of aromatic nitrogens is 1. The molecule has 15 heavy (non-hydrogen) atoms. The van der Waals surface area contributed by atoms with Crippen LogP contribution in [-0.2, 0) is 15.1 Å². The van der Waals surface area contributed by atoms with Gasteiger partial charge in [0.2, 0.25) is 5.69 Å². The van der Waals surface area contributed by atoms with E-state index >= 15 is 0 Å². The van der Waals surface area contributed by atoms with Crippen LogP contribution in [0.3, 0.4) is 0 Å². The molecule has 80 valence electrons. The van der Waals surface area contributed by atoms with Crippen molar-refractivity contribution in [3.05, 3.63) is 35.3 Å². The average Bonchev–Trinajstić information content (AvgIpc) is 2.12. The Morgan fingerprint density at radius 2 is 2.27 bits per heavy atom. The second-order valence-corrected chi connectivity index (χ2v) is 3.85. The predicted octanol–water partition coefficient (Wildman–Crippen LogP) is 1.26. The van der Waals surface area contributed by atoms with E-state index in [9.17, 15) is 10.0 Å². The van der Waals surface area contributed by atoms with E-state index in [4.69, 9.17) is 4.74 Å². The van der Waals surface area contributed by atoms with Gasteiger partial charge >= 0.3 is 5.97 Å². The molecule has 0 bridgehead atoms. The van der Waals surface area contributed by atoms with Crippen molar-refractivity contribution in [3.8, 4) is 0 Å². The minimum Gasteiger partial charge on any atom is -0.618 e. The highest BCUT2D eigenvalue weighted by Gasteiger charge is 2.47. The first-order valence-corrected chi connectivity index (χ1v) is 5.02. The molecule has 2 rings (SSSR count). The van der Waals surface area contributed by atoms with E-state index in [1.54, 1.807) is 18.2 Å². The van der Waals surface area contributed by atoms with E-state index in [1.807, 2.05) is 0 Å². The first-order valence-electron chi connectivity index (χ1n) is 5.02. The highest BCUT2D eigenvalue weighted by atomic mass is 16.6. The van der Waals surface area contributed by atoms with Crippen molar-refractivity contribution in [1.82, 2.24) is 0 Å². The molecule has 0 unspecified atom stereocenters. The molecule has 1 aliphatic carbocycles. The first-order chi connectivity index (χ1) is 7.14. The Morgan fingerprint density at radius 1 is 1.53 bits per heavy atom. The predicted molar refractivity (Wildman–Crippen MR) is 52.7 cm³/mol. The largest absolute Gasteiger partial charge is 0.618 e. The molecule has 4 heteroatoms. The molecule has 1 fully saturated rings. The van der Waals surface area contributed by atoms with E-state index < -0.39 is 5.60 Å². The van der Waals surface area contributed by atoms with Crippen molar-refractivity contribution in [2.24, 2.45) is 0 Å². The minimum absolute atomic E-state index is 0.335. The molecule has 0 atom stereocenters. The van der Waals surface area contributed by atoms with E-state index in [-0.39, 0.29) is 5.97 Å². The summed E-state index contributed by atoms with van der Waals surface area (Å²) in [5, 5.41) is 11.6. The molecule has 1 saturated carbocycles. The van der Waals surface area contributed by atoms with Crippen LogP contribution in [0.5, 0.6) is 0 Å². The van der Waals surface area contributed by atoms with E-state index in [2.05, 4.69) is 0 Å². The molecule has 0 radical (unpaired) electrons. The summed E-state index contributed by atoms with van der Waals surface area (Å²) in [5.74, 6) is -0.335. The molecule has 1 heterocycles. The fourth-order valence-corrected chi connectivity index (χ4v) is 1.96. The van der Waals surface area contributed by atoms with Gasteiger partial charge in [-0.05, 0) is 25.3 Å². The number of hydrogen-bond donors (Lipinski definition) is 0. The number of rotatable bonds is 2. The van der Waals surface area contributed by atoms with Crippen LogP contribution >= 0.6 is 0 Å². The van der Waals surface area contributed by atoms with E-state index in [1.165, 1.54) is 13.1 Å². The van der Waals surface area contributed by atoms with Crippen LogP contribution < -0.4 is 4.73 Å². The summed E-state index contributed by atoms with van der Waals surface area (Å²) >= 11 is 0. The number of esters is 1. The van der Waals surface area contributed by atoms with Crippen LogP contribution in [0.4, 0.5) is 0 Å². The highest BCUT2D eigenvalue weighted by molar-refractivity contribution is 5.66. The smallest absolute Gasteiger partial charge is 0.303 e. The molecule has 1 aliphatic rings. The monoisotopic (exact) mass is 207 g/mol. The SMILES string of the molecule is CC(=O)OC1(c2cccc[n+]2[O-])CCC1. The van der Waals surface area contributed by atoms with Crippen LogP contribution in [0.1, 0.15) is 31.9 Å². The zero-order chi connectivity index (χ0) is 10.9. The maximum Gasteiger partial charge on any atom is 0.303 e. The Labute approximate surface area is 88.1 Å². The maximum absolute atomic E-state index is 11.6. The summed E-state index contributed by atoms with van der Waals surface area (Å²) in [6.07, 6.45) is 3.89. The Morgan fingerprint density at radius 3 is 2.73 bits per heavy atom. The van der Waals surface area contributed by atoms with Crippen LogP contribution in [0.25, 0.3) is 0 Å². The number of ether oxygens (including phenoxy) is 1. The number of pyridine rings is 1. The molecule has 1 aromatic heterocycles. The normalized spacial score (nSPS) is 17.9. The fraction of sp³-hybridized carbons (Fsp3) is 0.455. The number of nitrogens with zero attached hydrogens (tertiary/aromatic N) is 1. The third-order valence-corrected chi connectivity index (χ3v) is 2.79. The second kappa shape index (κ2) is 3.53. The van der Waals surface area contributed by atoms with Crippen molar-refractivity contribution in [1.29, 1.82) is 0 Å². The Hall–Kier alpha value is -1.58. The third-order valence-electron chi connectivity index (χ3n) is 2.79. The highest BCUT2D eigenvalue weighted by Crippen LogP contribution is 2.43. The molecule has 0 amide bonds. The first kappa shape index (κ1) is 9.96. The zero-order valence-electron chi connectivity index (χ0n) is 8.60. The quantitative estimate of drug-likeness (QED) is 0.417. The lowest BCUT2D eigenvalue weighted by Gasteiger charge is -2.38. The van der Waals surface area contributed by atoms with Gasteiger partial charge in [-0.15, -0.1) is 0 Å². The standard InChI is InChI=1S/C11H13NO3/c1-9(13)15-11(6-4-7-11)10-5-2-3-8-12(10)14/h2-3,5,8H,4,6-7H2,1H3. The van der Waals surface area contributed by atoms with Gasteiger partial charge < -0.3 is 9.94 Å². The summed E-state index contributed by atoms with van der Waals surface area (Å²) in [6, 6.07) is 5.17. The summed E-state index contributed by atoms with van der Waals surface area (Å²) in [4.78, 5) is 11.0. The molecule has 4 nitrogen and oxygen atoms in total. The molecule has 0 N–H and O–H groups in total. The van der Waals surface area contributed by atoms with Crippen molar-refractivity contribution < 1.29 is 14.3 Å². The van der Waals surface area contributed by atoms with Gasteiger partial charge in [-0.2, -0.15) is 4.73 Å². The summed E-state index contributed by atoms with van der Waals surface area (Å²) < 4.78 is 6.06. The summed E-state index contributed by atoms with van der Waals surface area (Å²) in [7, 11) is 0. The molecular formula is C11H13NO3. The Balaban J connectivity index is 2.34. The number of carbonyl (C=O) groups excluding carboxylic acids is 1. The lowest BCUT2D eigenvalue weighted by Crippen LogP contribution is -2.48. The van der Waals surface area contributed by atoms with Gasteiger partial charge in [-0.25, -0.2) is 0 Å². The zero-order valence-corrected chi connectivity index (χ0v) is 8.60. The Kier molecular flexibility index (Phi) is 2.34. The molecule has 0 aliphatic heterocycles.